The standard InChI is InChI=1S/C21H39N7O/c1-4-22-21(23-8-6-7-9-27-12-10-26(5-2)11-13-27)28-14-15-29-20(18-28)19-16-24-25(3)17-19/h16-17,20H,4-15,18H2,1-3H3,(H,22,23). The molecule has 1 unspecified atom stereocenters. The van der Waals surface area contributed by atoms with Crippen molar-refractivity contribution in [3.05, 3.63) is 18.0 Å². The SMILES string of the molecule is CCNC(=NCCCCN1CCN(CC)CC1)N1CCOC(c2cnn(C)c2)C1. The van der Waals surface area contributed by atoms with Gasteiger partial charge >= 0.3 is 0 Å². The number of likely N-dealkylation sites (N-methyl/N-ethyl adjacent to an activating group) is 1. The van der Waals surface area contributed by atoms with Crippen molar-refractivity contribution in [2.75, 3.05) is 72.1 Å². The van der Waals surface area contributed by atoms with E-state index in [1.54, 1.807) is 0 Å². The Hall–Kier alpha value is -1.64. The summed E-state index contributed by atoms with van der Waals surface area (Å²) in [4.78, 5) is 12.4. The van der Waals surface area contributed by atoms with E-state index < -0.39 is 0 Å². The molecule has 29 heavy (non-hydrogen) atoms. The maximum Gasteiger partial charge on any atom is 0.194 e. The molecule has 1 atom stereocenters. The molecule has 0 amide bonds. The number of aryl methyl sites for hydroxylation is 1. The number of unbranched alkanes of at least 4 members (excludes halogenated alkanes) is 1. The lowest BCUT2D eigenvalue weighted by atomic mass is 10.1. The van der Waals surface area contributed by atoms with Crippen LogP contribution in [0.25, 0.3) is 0 Å². The third-order valence-electron chi connectivity index (χ3n) is 5.85. The fraction of sp³-hybridized carbons (Fsp3) is 0.810. The summed E-state index contributed by atoms with van der Waals surface area (Å²) in [7, 11) is 1.94. The first kappa shape index (κ1) is 22.1. The number of rotatable bonds is 8. The molecule has 2 fully saturated rings. The second-order valence-corrected chi connectivity index (χ2v) is 7.97. The maximum atomic E-state index is 5.97. The van der Waals surface area contributed by atoms with E-state index in [2.05, 4.69) is 39.0 Å². The molecule has 0 bridgehead atoms. The number of hydrogen-bond donors (Lipinski definition) is 1. The number of ether oxygens (including phenoxy) is 1. The molecule has 1 aromatic heterocycles. The summed E-state index contributed by atoms with van der Waals surface area (Å²) in [5.74, 6) is 1.02. The van der Waals surface area contributed by atoms with Crippen molar-refractivity contribution in [3.63, 3.8) is 0 Å². The Morgan fingerprint density at radius 2 is 1.97 bits per heavy atom. The topological polar surface area (TPSA) is 61.2 Å². The Morgan fingerprint density at radius 3 is 2.66 bits per heavy atom. The number of aliphatic imine (C=N–C) groups is 1. The number of nitrogens with one attached hydrogen (secondary N) is 1. The molecule has 2 aliphatic heterocycles. The molecule has 1 N–H and O–H groups in total. The van der Waals surface area contributed by atoms with Gasteiger partial charge in [0.15, 0.2) is 5.96 Å². The second-order valence-electron chi connectivity index (χ2n) is 7.97. The highest BCUT2D eigenvalue weighted by atomic mass is 16.5. The third-order valence-corrected chi connectivity index (χ3v) is 5.85. The van der Waals surface area contributed by atoms with E-state index >= 15 is 0 Å². The number of morpholine rings is 1. The minimum absolute atomic E-state index is 0.0584. The average molecular weight is 406 g/mol. The van der Waals surface area contributed by atoms with Crippen LogP contribution in [0.2, 0.25) is 0 Å². The van der Waals surface area contributed by atoms with Gasteiger partial charge in [0, 0.05) is 64.6 Å². The van der Waals surface area contributed by atoms with Crippen LogP contribution in [0.5, 0.6) is 0 Å². The monoisotopic (exact) mass is 405 g/mol. The summed E-state index contributed by atoms with van der Waals surface area (Å²) in [5, 5.41) is 7.75. The van der Waals surface area contributed by atoms with Gasteiger partial charge in [0.25, 0.3) is 0 Å². The molecule has 3 heterocycles. The molecule has 0 aliphatic carbocycles. The van der Waals surface area contributed by atoms with Crippen molar-refractivity contribution in [2.45, 2.75) is 32.8 Å². The van der Waals surface area contributed by atoms with Gasteiger partial charge in [-0.3, -0.25) is 9.67 Å². The molecule has 0 spiro atoms. The highest BCUT2D eigenvalue weighted by molar-refractivity contribution is 5.80. The fourth-order valence-corrected chi connectivity index (χ4v) is 4.04. The molecule has 2 aliphatic rings. The number of piperazine rings is 1. The van der Waals surface area contributed by atoms with Gasteiger partial charge in [-0.25, -0.2) is 0 Å². The molecule has 1 aromatic rings. The van der Waals surface area contributed by atoms with Crippen LogP contribution in [0.15, 0.2) is 17.4 Å². The van der Waals surface area contributed by atoms with Crippen molar-refractivity contribution >= 4 is 5.96 Å². The summed E-state index contributed by atoms with van der Waals surface area (Å²) in [6.07, 6.45) is 6.36. The zero-order valence-corrected chi connectivity index (χ0v) is 18.5. The molecule has 0 saturated carbocycles. The van der Waals surface area contributed by atoms with Gasteiger partial charge in [-0.05, 0) is 32.9 Å². The predicted octanol–water partition coefficient (Wildman–Crippen LogP) is 1.18. The number of nitrogens with zero attached hydrogens (tertiary/aromatic N) is 6. The smallest absolute Gasteiger partial charge is 0.194 e. The molecule has 164 valence electrons. The number of aromatic nitrogens is 2. The van der Waals surface area contributed by atoms with E-state index in [0.29, 0.717) is 6.61 Å². The first-order valence-corrected chi connectivity index (χ1v) is 11.3. The van der Waals surface area contributed by atoms with E-state index in [1.807, 2.05) is 24.1 Å². The van der Waals surface area contributed by atoms with Gasteiger partial charge in [0.05, 0.1) is 19.3 Å². The quantitative estimate of drug-likeness (QED) is 0.398. The van der Waals surface area contributed by atoms with Crippen LogP contribution in [0, 0.1) is 0 Å². The predicted molar refractivity (Wildman–Crippen MR) is 117 cm³/mol. The van der Waals surface area contributed by atoms with Gasteiger partial charge < -0.3 is 24.8 Å². The molecule has 8 heteroatoms. The number of hydrogen-bond acceptors (Lipinski definition) is 5. The average Bonchev–Trinajstić information content (AvgIpc) is 3.19. The highest BCUT2D eigenvalue weighted by Gasteiger charge is 2.25. The van der Waals surface area contributed by atoms with Gasteiger partial charge in [-0.1, -0.05) is 6.92 Å². The van der Waals surface area contributed by atoms with Crippen molar-refractivity contribution < 1.29 is 4.74 Å². The van der Waals surface area contributed by atoms with Crippen molar-refractivity contribution in [2.24, 2.45) is 12.0 Å². The van der Waals surface area contributed by atoms with Crippen LogP contribution in [-0.4, -0.2) is 102 Å². The van der Waals surface area contributed by atoms with Crippen molar-refractivity contribution in [1.82, 2.24) is 29.8 Å². The van der Waals surface area contributed by atoms with Gasteiger partial charge in [0.1, 0.15) is 6.10 Å². The lowest BCUT2D eigenvalue weighted by Crippen LogP contribution is -2.48. The number of guanidine groups is 1. The zero-order chi connectivity index (χ0) is 20.5. The molecule has 8 nitrogen and oxygen atoms in total. The Balaban J connectivity index is 1.43. The first-order valence-electron chi connectivity index (χ1n) is 11.3. The zero-order valence-electron chi connectivity index (χ0n) is 18.5. The lowest BCUT2D eigenvalue weighted by molar-refractivity contribution is -0.00804. The molecule has 2 saturated heterocycles. The van der Waals surface area contributed by atoms with Gasteiger partial charge in [-0.15, -0.1) is 0 Å². The van der Waals surface area contributed by atoms with E-state index in [0.717, 1.165) is 44.1 Å². The summed E-state index contributed by atoms with van der Waals surface area (Å²) < 4.78 is 7.81. The first-order chi connectivity index (χ1) is 14.2. The maximum absolute atomic E-state index is 5.97. The molecular formula is C21H39N7O. The third kappa shape index (κ3) is 6.69. The molecule has 3 rings (SSSR count). The van der Waals surface area contributed by atoms with Gasteiger partial charge in [0.2, 0.25) is 0 Å². The van der Waals surface area contributed by atoms with Gasteiger partial charge in [-0.2, -0.15) is 5.10 Å². The van der Waals surface area contributed by atoms with Crippen LogP contribution in [0.1, 0.15) is 38.4 Å². The summed E-state index contributed by atoms with van der Waals surface area (Å²) in [6, 6.07) is 0. The Bertz CT molecular complexity index is 624. The molecule has 0 aromatic carbocycles. The minimum Gasteiger partial charge on any atom is -0.370 e. The fourth-order valence-electron chi connectivity index (χ4n) is 4.04. The Morgan fingerprint density at radius 1 is 1.17 bits per heavy atom. The normalized spacial score (nSPS) is 22.2. The van der Waals surface area contributed by atoms with E-state index in [1.165, 1.54) is 45.7 Å². The van der Waals surface area contributed by atoms with Crippen LogP contribution in [0.4, 0.5) is 0 Å². The second kappa shape index (κ2) is 11.5. The Kier molecular flexibility index (Phi) is 8.76. The van der Waals surface area contributed by atoms with Crippen LogP contribution >= 0.6 is 0 Å². The molecule has 0 radical (unpaired) electrons. The minimum atomic E-state index is 0.0584. The van der Waals surface area contributed by atoms with Crippen molar-refractivity contribution in [1.29, 1.82) is 0 Å². The van der Waals surface area contributed by atoms with E-state index in [-0.39, 0.29) is 6.10 Å². The summed E-state index contributed by atoms with van der Waals surface area (Å²) in [5.41, 5.74) is 1.14. The molecular weight excluding hydrogens is 366 g/mol. The van der Waals surface area contributed by atoms with Crippen LogP contribution in [-0.2, 0) is 11.8 Å². The van der Waals surface area contributed by atoms with E-state index in [9.17, 15) is 0 Å². The summed E-state index contributed by atoms with van der Waals surface area (Å²) in [6.45, 7) is 15.8. The van der Waals surface area contributed by atoms with Crippen LogP contribution < -0.4 is 5.32 Å². The van der Waals surface area contributed by atoms with Crippen LogP contribution in [0.3, 0.4) is 0 Å². The largest absolute Gasteiger partial charge is 0.370 e. The van der Waals surface area contributed by atoms with E-state index in [4.69, 9.17) is 9.73 Å². The summed E-state index contributed by atoms with van der Waals surface area (Å²) >= 11 is 0. The lowest BCUT2D eigenvalue weighted by Gasteiger charge is -2.35. The Labute approximate surface area is 175 Å². The highest BCUT2D eigenvalue weighted by Crippen LogP contribution is 2.21. The van der Waals surface area contributed by atoms with Crippen molar-refractivity contribution in [3.8, 4) is 0 Å².